The molecule has 3 aromatic carbocycles. The maximum Gasteiger partial charge on any atom is 0.241 e. The molecule has 6 rings (SSSR count). The topological polar surface area (TPSA) is 138 Å². The molecule has 2 fully saturated rings. The molecule has 4 aromatic rings. The summed E-state index contributed by atoms with van der Waals surface area (Å²) in [5.41, 5.74) is 3.29. The second-order valence-electron chi connectivity index (χ2n) is 15.9. The molecule has 1 unspecified atom stereocenters. The minimum atomic E-state index is -0.328. The quantitative estimate of drug-likeness (QED) is 0.118. The van der Waals surface area contributed by atoms with Gasteiger partial charge < -0.3 is 25.0 Å². The summed E-state index contributed by atoms with van der Waals surface area (Å²) < 4.78 is 13.3. The van der Waals surface area contributed by atoms with Gasteiger partial charge in [-0.25, -0.2) is 9.97 Å². The zero-order valence-electron chi connectivity index (χ0n) is 32.6. The molecule has 12 nitrogen and oxygen atoms in total. The highest BCUT2D eigenvalue weighted by molar-refractivity contribution is 9.10. The van der Waals surface area contributed by atoms with Gasteiger partial charge in [0.1, 0.15) is 11.6 Å². The largest absolute Gasteiger partial charge is 0.493 e. The van der Waals surface area contributed by atoms with Crippen molar-refractivity contribution < 1.29 is 23.9 Å². The number of nitrogens with zero attached hydrogens (tertiary/aromatic N) is 4. The highest BCUT2D eigenvalue weighted by Gasteiger charge is 2.36. The number of piperazine rings is 1. The minimum Gasteiger partial charge on any atom is -0.493 e. The zero-order valence-corrected chi connectivity index (χ0v) is 34.2. The Morgan fingerprint density at radius 3 is 2.40 bits per heavy atom. The van der Waals surface area contributed by atoms with Crippen LogP contribution in [0.15, 0.2) is 65.1 Å². The molecule has 292 valence electrons. The molecule has 13 heteroatoms. The van der Waals surface area contributed by atoms with Gasteiger partial charge in [0.15, 0.2) is 11.5 Å². The summed E-state index contributed by atoms with van der Waals surface area (Å²) in [6.07, 6.45) is 1.73. The third-order valence-corrected chi connectivity index (χ3v) is 10.9. The van der Waals surface area contributed by atoms with Crippen molar-refractivity contribution in [2.24, 2.45) is 5.41 Å². The van der Waals surface area contributed by atoms with E-state index in [9.17, 15) is 14.4 Å². The molecule has 3 N–H and O–H groups in total. The van der Waals surface area contributed by atoms with Crippen LogP contribution in [0.5, 0.6) is 11.5 Å². The molecule has 1 aromatic heterocycles. The van der Waals surface area contributed by atoms with E-state index in [0.717, 1.165) is 57.5 Å². The Balaban J connectivity index is 0.999. The Kier molecular flexibility index (Phi) is 12.3. The molecule has 1 atom stereocenters. The lowest BCUT2D eigenvalue weighted by molar-refractivity contribution is -0.134. The lowest BCUT2D eigenvalue weighted by Crippen LogP contribution is -2.57. The van der Waals surface area contributed by atoms with Gasteiger partial charge >= 0.3 is 0 Å². The normalized spacial score (nSPS) is 16.9. The maximum absolute atomic E-state index is 13.2. The number of rotatable bonds is 14. The average Bonchev–Trinajstić information content (AvgIpc) is 3.15. The van der Waals surface area contributed by atoms with Gasteiger partial charge in [-0.2, -0.15) is 0 Å². The lowest BCUT2D eigenvalue weighted by atomic mass is 9.79. The number of nitrogens with one attached hydrogen (secondary N) is 3. The van der Waals surface area contributed by atoms with Gasteiger partial charge in [-0.15, -0.1) is 0 Å². The molecule has 2 aliphatic rings. The zero-order chi connectivity index (χ0) is 39.3. The van der Waals surface area contributed by atoms with Crippen LogP contribution in [0, 0.1) is 12.3 Å². The fourth-order valence-corrected chi connectivity index (χ4v) is 8.24. The van der Waals surface area contributed by atoms with Crippen molar-refractivity contribution in [3.05, 3.63) is 82.1 Å². The molecule has 3 amide bonds. The van der Waals surface area contributed by atoms with E-state index >= 15 is 0 Å². The lowest BCUT2D eigenvalue weighted by Gasteiger charge is -2.47. The summed E-state index contributed by atoms with van der Waals surface area (Å²) >= 11 is 3.55. The van der Waals surface area contributed by atoms with Crippen LogP contribution in [0.2, 0.25) is 0 Å². The third kappa shape index (κ3) is 10.1. The van der Waals surface area contributed by atoms with E-state index in [1.807, 2.05) is 60.4 Å². The van der Waals surface area contributed by atoms with Crippen LogP contribution < -0.4 is 25.4 Å². The number of anilines is 2. The van der Waals surface area contributed by atoms with Crippen LogP contribution in [0.1, 0.15) is 69.8 Å². The highest BCUT2D eigenvalue weighted by Crippen LogP contribution is 2.38. The molecule has 2 saturated heterocycles. The minimum absolute atomic E-state index is 0.0533. The molecule has 0 radical (unpaired) electrons. The number of halogens is 1. The van der Waals surface area contributed by atoms with Crippen molar-refractivity contribution >= 4 is 56.1 Å². The molecule has 0 saturated carbocycles. The summed E-state index contributed by atoms with van der Waals surface area (Å²) in [6, 6.07) is 19.6. The molecule has 0 bridgehead atoms. The summed E-state index contributed by atoms with van der Waals surface area (Å²) in [6.45, 7) is 15.0. The maximum atomic E-state index is 13.2. The molecule has 3 heterocycles. The summed E-state index contributed by atoms with van der Waals surface area (Å²) in [5, 5.41) is 9.98. The Labute approximate surface area is 331 Å². The van der Waals surface area contributed by atoms with E-state index in [-0.39, 0.29) is 41.1 Å². The van der Waals surface area contributed by atoms with Crippen LogP contribution >= 0.6 is 15.9 Å². The van der Waals surface area contributed by atoms with Crippen molar-refractivity contribution in [3.8, 4) is 11.5 Å². The summed E-state index contributed by atoms with van der Waals surface area (Å²) in [4.78, 5) is 50.7. The van der Waals surface area contributed by atoms with Gasteiger partial charge in [0.2, 0.25) is 17.7 Å². The van der Waals surface area contributed by atoms with Crippen LogP contribution in [0.25, 0.3) is 10.9 Å². The number of piperidine rings is 1. The Morgan fingerprint density at radius 1 is 0.964 bits per heavy atom. The van der Waals surface area contributed by atoms with E-state index in [2.05, 4.69) is 76.6 Å². The predicted octanol–water partition coefficient (Wildman–Crippen LogP) is 6.67. The van der Waals surface area contributed by atoms with Crippen LogP contribution in [-0.2, 0) is 20.9 Å². The number of hydrogen-bond acceptors (Lipinski definition) is 10. The summed E-state index contributed by atoms with van der Waals surface area (Å²) in [7, 11) is 1.65. The molecule has 2 aliphatic heterocycles. The SMILES string of the molecule is COc1cc2c(NCc3cccc(Br)c3)nc(C)nc2cc1OCC(C)(C)CC(C)(C)N1CCN(C(=O)CNc2ccc(C3CCC(=O)NC3=O)cc2)CC1. The number of carbonyl (C=O) groups excluding carboxylic acids is 3. The van der Waals surface area contributed by atoms with Crippen molar-refractivity contribution in [3.63, 3.8) is 0 Å². The first-order valence-corrected chi connectivity index (χ1v) is 19.7. The van der Waals surface area contributed by atoms with Gasteiger partial charge in [-0.05, 0) is 75.1 Å². The molecule has 55 heavy (non-hydrogen) atoms. The number of amides is 3. The Bertz CT molecular complexity index is 2030. The number of carbonyl (C=O) groups is 3. The predicted molar refractivity (Wildman–Crippen MR) is 218 cm³/mol. The van der Waals surface area contributed by atoms with E-state index in [1.165, 1.54) is 0 Å². The number of methoxy groups -OCH3 is 1. The second kappa shape index (κ2) is 16.9. The number of aromatic nitrogens is 2. The first kappa shape index (κ1) is 39.9. The monoisotopic (exact) mass is 813 g/mol. The second-order valence-corrected chi connectivity index (χ2v) is 16.8. The van der Waals surface area contributed by atoms with Crippen molar-refractivity contribution in [2.75, 3.05) is 57.1 Å². The van der Waals surface area contributed by atoms with Crippen molar-refractivity contribution in [1.82, 2.24) is 25.1 Å². The first-order chi connectivity index (χ1) is 26.2. The number of hydrogen-bond donors (Lipinski definition) is 3. The van der Waals surface area contributed by atoms with E-state index in [4.69, 9.17) is 19.4 Å². The number of fused-ring (bicyclic) bond motifs is 1. The first-order valence-electron chi connectivity index (χ1n) is 18.9. The Morgan fingerprint density at radius 2 is 1.71 bits per heavy atom. The number of imide groups is 1. The van der Waals surface area contributed by atoms with Crippen LogP contribution in [0.4, 0.5) is 11.5 Å². The van der Waals surface area contributed by atoms with Crippen LogP contribution in [-0.4, -0.2) is 89.5 Å². The van der Waals surface area contributed by atoms with Gasteiger partial charge in [0, 0.05) is 71.7 Å². The molecule has 0 aliphatic carbocycles. The van der Waals surface area contributed by atoms with Crippen molar-refractivity contribution in [2.45, 2.75) is 71.9 Å². The Hall–Kier alpha value is -4.75. The smallest absolute Gasteiger partial charge is 0.241 e. The summed E-state index contributed by atoms with van der Waals surface area (Å²) in [5.74, 6) is 1.92. The molecule has 0 spiro atoms. The molecular weight excluding hydrogens is 762 g/mol. The van der Waals surface area contributed by atoms with Crippen LogP contribution in [0.3, 0.4) is 0 Å². The van der Waals surface area contributed by atoms with Gasteiger partial charge in [0.05, 0.1) is 31.7 Å². The van der Waals surface area contributed by atoms with Gasteiger partial charge in [-0.3, -0.25) is 24.6 Å². The fraction of sp³-hybridized carbons (Fsp3) is 0.452. The van der Waals surface area contributed by atoms with E-state index < -0.39 is 0 Å². The highest BCUT2D eigenvalue weighted by atomic mass is 79.9. The van der Waals surface area contributed by atoms with Crippen molar-refractivity contribution in [1.29, 1.82) is 0 Å². The fourth-order valence-electron chi connectivity index (χ4n) is 7.80. The van der Waals surface area contributed by atoms with Gasteiger partial charge in [-0.1, -0.05) is 54.0 Å². The third-order valence-electron chi connectivity index (χ3n) is 10.5. The van der Waals surface area contributed by atoms with E-state index in [0.29, 0.717) is 56.4 Å². The number of ether oxygens (including phenoxy) is 2. The van der Waals surface area contributed by atoms with Gasteiger partial charge in [0.25, 0.3) is 0 Å². The molecular formula is C42H52BrN7O5. The van der Waals surface area contributed by atoms with E-state index in [1.54, 1.807) is 7.11 Å². The number of benzene rings is 3. The standard InChI is InChI=1S/C42H52BrN7O5/c1-27-46-34-22-36(35(54-6)21-33(34)39(47-27)45-23-28-8-7-9-30(43)20-28)55-26-41(2,3)25-42(4,5)50-18-16-49(17-19-50)38(52)24-44-31-12-10-29(11-13-31)32-14-15-37(51)48-40(32)53/h7-13,20-22,32,44H,14-19,23-26H2,1-6H3,(H,45,46,47)(H,48,51,53). The average molecular weight is 815 g/mol. The number of aryl methyl sites for hydroxylation is 1.